The van der Waals surface area contributed by atoms with Crippen LogP contribution in [0, 0.1) is 5.92 Å². The number of carbonyl (C=O) groups is 2. The Bertz CT molecular complexity index is 569. The quantitative estimate of drug-likeness (QED) is 0.731. The van der Waals surface area contributed by atoms with Crippen LogP contribution in [0.5, 0.6) is 0 Å². The predicted octanol–water partition coefficient (Wildman–Crippen LogP) is 2.97. The average molecular weight is 364 g/mol. The van der Waals surface area contributed by atoms with Crippen LogP contribution < -0.4 is 10.6 Å². The molecule has 1 aliphatic rings. The van der Waals surface area contributed by atoms with Crippen molar-refractivity contribution >= 4 is 29.3 Å². The molecule has 1 unspecified atom stereocenters. The normalized spacial score (nSPS) is 16.5. The van der Waals surface area contributed by atoms with E-state index in [2.05, 4.69) is 10.6 Å². The van der Waals surface area contributed by atoms with Crippen molar-refractivity contribution < 1.29 is 9.59 Å². The number of likely N-dealkylation sites (tertiary alicyclic amines) is 1. The topological polar surface area (TPSA) is 61.4 Å². The van der Waals surface area contributed by atoms with Gasteiger partial charge in [0.2, 0.25) is 11.8 Å². The van der Waals surface area contributed by atoms with Gasteiger partial charge in [-0.1, -0.05) is 0 Å². The highest BCUT2D eigenvalue weighted by Gasteiger charge is 2.26. The van der Waals surface area contributed by atoms with Gasteiger partial charge in [0.25, 0.3) is 0 Å². The number of anilines is 1. The smallest absolute Gasteiger partial charge is 0.235 e. The average Bonchev–Trinajstić information content (AvgIpc) is 2.61. The Morgan fingerprint density at radius 2 is 1.88 bits per heavy atom. The monoisotopic (exact) mass is 363 g/mol. The summed E-state index contributed by atoms with van der Waals surface area (Å²) in [5.74, 6) is 0.880. The molecule has 0 saturated carbocycles. The molecule has 1 saturated heterocycles. The molecule has 0 bridgehead atoms. The molecule has 1 aliphatic heterocycles. The fourth-order valence-electron chi connectivity index (χ4n) is 3.12. The first kappa shape index (κ1) is 19.8. The molecule has 5 nitrogen and oxygen atoms in total. The van der Waals surface area contributed by atoms with Gasteiger partial charge in [-0.15, -0.1) is 11.8 Å². The van der Waals surface area contributed by atoms with E-state index in [-0.39, 0.29) is 17.1 Å². The van der Waals surface area contributed by atoms with Crippen molar-refractivity contribution in [2.24, 2.45) is 5.92 Å². The number of carbonyl (C=O) groups excluding carboxylic acids is 2. The zero-order chi connectivity index (χ0) is 18.2. The van der Waals surface area contributed by atoms with Gasteiger partial charge in [0.05, 0.1) is 5.25 Å². The first-order valence-corrected chi connectivity index (χ1v) is 9.85. The number of nitrogens with one attached hydrogen (secondary N) is 2. The number of nitrogens with zero attached hydrogens (tertiary/aromatic N) is 1. The third-order valence-electron chi connectivity index (χ3n) is 4.56. The van der Waals surface area contributed by atoms with Crippen LogP contribution in [0.1, 0.15) is 33.1 Å². The number of benzene rings is 1. The Balaban J connectivity index is 1.81. The molecule has 0 aliphatic carbocycles. The highest BCUT2D eigenvalue weighted by atomic mass is 32.2. The summed E-state index contributed by atoms with van der Waals surface area (Å²) in [6, 6.07) is 7.63. The molecule has 25 heavy (non-hydrogen) atoms. The van der Waals surface area contributed by atoms with Crippen LogP contribution in [-0.4, -0.2) is 48.6 Å². The van der Waals surface area contributed by atoms with Crippen molar-refractivity contribution in [3.8, 4) is 0 Å². The summed E-state index contributed by atoms with van der Waals surface area (Å²) in [6.45, 7) is 6.27. The molecule has 1 atom stereocenters. The van der Waals surface area contributed by atoms with Crippen molar-refractivity contribution in [3.05, 3.63) is 24.3 Å². The van der Waals surface area contributed by atoms with Gasteiger partial charge in [-0.3, -0.25) is 9.59 Å². The van der Waals surface area contributed by atoms with Crippen LogP contribution in [0.2, 0.25) is 0 Å². The Hall–Kier alpha value is -1.53. The number of hydrogen-bond donors (Lipinski definition) is 2. The second-order valence-electron chi connectivity index (χ2n) is 6.63. The van der Waals surface area contributed by atoms with Crippen LogP contribution in [0.25, 0.3) is 0 Å². The Labute approximate surface area is 154 Å². The van der Waals surface area contributed by atoms with E-state index in [1.54, 1.807) is 11.8 Å². The van der Waals surface area contributed by atoms with Crippen molar-refractivity contribution in [3.63, 3.8) is 0 Å². The summed E-state index contributed by atoms with van der Waals surface area (Å²) in [7, 11) is 1.99. The van der Waals surface area contributed by atoms with Crippen molar-refractivity contribution in [1.29, 1.82) is 0 Å². The second kappa shape index (κ2) is 9.82. The summed E-state index contributed by atoms with van der Waals surface area (Å²) >= 11 is 1.57. The lowest BCUT2D eigenvalue weighted by Gasteiger charge is -2.33. The van der Waals surface area contributed by atoms with Gasteiger partial charge in [0.15, 0.2) is 0 Å². The molecule has 1 aromatic carbocycles. The summed E-state index contributed by atoms with van der Waals surface area (Å²) in [6.07, 6.45) is 3.41. The van der Waals surface area contributed by atoms with Crippen LogP contribution in [-0.2, 0) is 9.59 Å². The van der Waals surface area contributed by atoms with E-state index in [0.29, 0.717) is 0 Å². The fraction of sp³-hybridized carbons (Fsp3) is 0.579. The van der Waals surface area contributed by atoms with Gasteiger partial charge in [-0.25, -0.2) is 0 Å². The molecular weight excluding hydrogens is 334 g/mol. The first-order valence-electron chi connectivity index (χ1n) is 8.97. The highest BCUT2D eigenvalue weighted by molar-refractivity contribution is 8.00. The summed E-state index contributed by atoms with van der Waals surface area (Å²) in [5.41, 5.74) is 0.777. The van der Waals surface area contributed by atoms with Gasteiger partial charge in [0.1, 0.15) is 0 Å². The lowest BCUT2D eigenvalue weighted by atomic mass is 9.93. The van der Waals surface area contributed by atoms with E-state index in [0.717, 1.165) is 49.0 Å². The summed E-state index contributed by atoms with van der Waals surface area (Å²) in [5, 5.41) is 5.86. The van der Waals surface area contributed by atoms with Gasteiger partial charge >= 0.3 is 0 Å². The Kier molecular flexibility index (Phi) is 7.78. The molecule has 1 heterocycles. The SMILES string of the molecule is CNCCC1CCN(C(=O)C(C)Sc2ccc(NC(C)=O)cc2)CC1. The lowest BCUT2D eigenvalue weighted by molar-refractivity contribution is -0.131. The number of amides is 2. The van der Waals surface area contributed by atoms with E-state index in [1.165, 1.54) is 13.3 Å². The Morgan fingerprint density at radius 1 is 1.24 bits per heavy atom. The molecule has 2 amide bonds. The standard InChI is InChI=1S/C19H29N3O2S/c1-14(25-18-6-4-17(5-7-18)21-15(2)23)19(24)22-12-9-16(10-13-22)8-11-20-3/h4-7,14,16,20H,8-13H2,1-3H3,(H,21,23). The van der Waals surface area contributed by atoms with E-state index in [9.17, 15) is 9.59 Å². The number of piperidine rings is 1. The van der Waals surface area contributed by atoms with Crippen LogP contribution >= 0.6 is 11.8 Å². The van der Waals surface area contributed by atoms with Crippen LogP contribution in [0.15, 0.2) is 29.2 Å². The van der Waals surface area contributed by atoms with Gasteiger partial charge in [0, 0.05) is 30.6 Å². The first-order chi connectivity index (χ1) is 12.0. The molecule has 2 N–H and O–H groups in total. The maximum atomic E-state index is 12.7. The van der Waals surface area contributed by atoms with E-state index < -0.39 is 0 Å². The molecule has 0 aromatic heterocycles. The molecule has 1 aromatic rings. The number of hydrogen-bond acceptors (Lipinski definition) is 4. The highest BCUT2D eigenvalue weighted by Crippen LogP contribution is 2.28. The molecule has 6 heteroatoms. The zero-order valence-electron chi connectivity index (χ0n) is 15.4. The van der Waals surface area contributed by atoms with E-state index in [1.807, 2.05) is 43.1 Å². The van der Waals surface area contributed by atoms with Crippen molar-refractivity contribution in [1.82, 2.24) is 10.2 Å². The van der Waals surface area contributed by atoms with Crippen LogP contribution in [0.3, 0.4) is 0 Å². The minimum atomic E-state index is -0.0968. The molecule has 2 rings (SSSR count). The fourth-order valence-corrected chi connectivity index (χ4v) is 4.07. The summed E-state index contributed by atoms with van der Waals surface area (Å²) in [4.78, 5) is 26.8. The molecule has 1 fully saturated rings. The molecule has 138 valence electrons. The van der Waals surface area contributed by atoms with Gasteiger partial charge < -0.3 is 15.5 Å². The largest absolute Gasteiger partial charge is 0.342 e. The van der Waals surface area contributed by atoms with Gasteiger partial charge in [-0.05, 0) is 70.0 Å². The number of rotatable bonds is 7. The van der Waals surface area contributed by atoms with Gasteiger partial charge in [-0.2, -0.15) is 0 Å². The van der Waals surface area contributed by atoms with Crippen molar-refractivity contribution in [2.45, 2.75) is 43.3 Å². The second-order valence-corrected chi connectivity index (χ2v) is 8.04. The summed E-state index contributed by atoms with van der Waals surface area (Å²) < 4.78 is 0. The maximum absolute atomic E-state index is 12.7. The van der Waals surface area contributed by atoms with E-state index in [4.69, 9.17) is 0 Å². The minimum absolute atomic E-state index is 0.0814. The molecule has 0 radical (unpaired) electrons. The van der Waals surface area contributed by atoms with E-state index >= 15 is 0 Å². The lowest BCUT2D eigenvalue weighted by Crippen LogP contribution is -2.42. The molecular formula is C19H29N3O2S. The van der Waals surface area contributed by atoms with Crippen LogP contribution in [0.4, 0.5) is 5.69 Å². The third-order valence-corrected chi connectivity index (χ3v) is 5.66. The predicted molar refractivity (Wildman–Crippen MR) is 104 cm³/mol. The Morgan fingerprint density at radius 3 is 2.44 bits per heavy atom. The maximum Gasteiger partial charge on any atom is 0.235 e. The van der Waals surface area contributed by atoms with Crippen molar-refractivity contribution in [2.75, 3.05) is 32.0 Å². The third kappa shape index (κ3) is 6.36. The molecule has 0 spiro atoms. The minimum Gasteiger partial charge on any atom is -0.342 e. The zero-order valence-corrected chi connectivity index (χ0v) is 16.2. The number of thioether (sulfide) groups is 1.